The minimum Gasteiger partial charge on any atom is -0.354 e. The van der Waals surface area contributed by atoms with Gasteiger partial charge in [0.2, 0.25) is 11.8 Å². The summed E-state index contributed by atoms with van der Waals surface area (Å²) in [5, 5.41) is 2.72. The van der Waals surface area contributed by atoms with E-state index in [4.69, 9.17) is 0 Å². The average Bonchev–Trinajstić information content (AvgIpc) is 2.90. The number of hydrogen-bond acceptors (Lipinski definition) is 4. The van der Waals surface area contributed by atoms with Crippen molar-refractivity contribution in [3.05, 3.63) is 95.6 Å². The Bertz CT molecular complexity index is 1360. The highest BCUT2D eigenvalue weighted by Crippen LogP contribution is 2.25. The molecule has 1 unspecified atom stereocenters. The number of nitrogens with zero attached hydrogens (tertiary/aromatic N) is 2. The molecule has 3 aromatic carbocycles. The van der Waals surface area contributed by atoms with E-state index in [-0.39, 0.29) is 22.7 Å². The smallest absolute Gasteiger partial charge is 0.264 e. The number of carbonyl (C=O) groups is 2. The Balaban J connectivity index is 2.02. The van der Waals surface area contributed by atoms with Crippen molar-refractivity contribution in [2.24, 2.45) is 0 Å². The van der Waals surface area contributed by atoms with Gasteiger partial charge >= 0.3 is 0 Å². The van der Waals surface area contributed by atoms with E-state index in [9.17, 15) is 26.8 Å². The second kappa shape index (κ2) is 12.6. The number of carbonyl (C=O) groups excluding carboxylic acids is 2. The van der Waals surface area contributed by atoms with Crippen molar-refractivity contribution in [1.29, 1.82) is 0 Å². The molecule has 0 aliphatic rings. The largest absolute Gasteiger partial charge is 0.354 e. The van der Waals surface area contributed by atoms with Crippen molar-refractivity contribution in [3.8, 4) is 0 Å². The Labute approximate surface area is 222 Å². The lowest BCUT2D eigenvalue weighted by Crippen LogP contribution is -2.51. The van der Waals surface area contributed by atoms with E-state index in [1.807, 2.05) is 13.8 Å². The van der Waals surface area contributed by atoms with Gasteiger partial charge in [-0.2, -0.15) is 0 Å². The third-order valence-corrected chi connectivity index (χ3v) is 7.81. The van der Waals surface area contributed by atoms with Crippen LogP contribution < -0.4 is 9.62 Å². The monoisotopic (exact) mass is 543 g/mol. The molecule has 1 atom stereocenters. The van der Waals surface area contributed by atoms with E-state index >= 15 is 0 Å². The maximum Gasteiger partial charge on any atom is 0.264 e. The molecule has 0 saturated carbocycles. The third-order valence-electron chi connectivity index (χ3n) is 6.02. The van der Waals surface area contributed by atoms with E-state index in [1.165, 1.54) is 49.4 Å². The highest BCUT2D eigenvalue weighted by Gasteiger charge is 2.32. The van der Waals surface area contributed by atoms with Gasteiger partial charge < -0.3 is 10.2 Å². The van der Waals surface area contributed by atoms with Crippen LogP contribution in [0.25, 0.3) is 0 Å². The summed E-state index contributed by atoms with van der Waals surface area (Å²) in [6.45, 7) is 4.62. The number of nitrogens with one attached hydrogen (secondary N) is 1. The molecule has 0 fully saturated rings. The molecule has 0 heterocycles. The van der Waals surface area contributed by atoms with Gasteiger partial charge in [0.05, 0.1) is 10.6 Å². The predicted octanol–water partition coefficient (Wildman–Crippen LogP) is 4.41. The topological polar surface area (TPSA) is 86.8 Å². The van der Waals surface area contributed by atoms with Gasteiger partial charge in [0.25, 0.3) is 10.0 Å². The second-order valence-corrected chi connectivity index (χ2v) is 10.7. The van der Waals surface area contributed by atoms with Crippen molar-refractivity contribution in [1.82, 2.24) is 10.2 Å². The molecule has 0 aliphatic carbocycles. The fourth-order valence-corrected chi connectivity index (χ4v) is 5.18. The molecule has 0 radical (unpaired) electrons. The Kier molecular flexibility index (Phi) is 9.57. The van der Waals surface area contributed by atoms with Gasteiger partial charge in [-0.3, -0.25) is 13.9 Å². The van der Waals surface area contributed by atoms with Crippen LogP contribution in [-0.4, -0.2) is 44.3 Å². The molecule has 0 aliphatic heterocycles. The lowest BCUT2D eigenvalue weighted by atomic mass is 10.1. The molecular formula is C28H31F2N3O4S. The van der Waals surface area contributed by atoms with Gasteiger partial charge in [-0.1, -0.05) is 42.8 Å². The molecule has 38 heavy (non-hydrogen) atoms. The Morgan fingerprint density at radius 2 is 1.58 bits per heavy atom. The Morgan fingerprint density at radius 3 is 2.18 bits per heavy atom. The maximum atomic E-state index is 14.5. The zero-order valence-electron chi connectivity index (χ0n) is 21.5. The van der Waals surface area contributed by atoms with E-state index in [0.717, 1.165) is 26.9 Å². The number of benzene rings is 3. The number of rotatable bonds is 11. The minimum atomic E-state index is -4.26. The van der Waals surface area contributed by atoms with Crippen LogP contribution in [-0.2, 0) is 26.2 Å². The summed E-state index contributed by atoms with van der Waals surface area (Å²) in [7, 11) is -4.26. The second-order valence-electron chi connectivity index (χ2n) is 8.88. The number of hydrogen-bond donors (Lipinski definition) is 1. The standard InChI is InChI=1S/C28H31F2N3O4S/c1-4-17-31-28(35)21(3)32(18-22-7-5-6-8-26(22)30)27(34)19-33(24-13-11-23(29)12-14-24)38(36,37)25-15-9-20(2)10-16-25/h5-16,21H,4,17-19H2,1-3H3,(H,31,35). The normalized spacial score (nSPS) is 12.0. The summed E-state index contributed by atoms with van der Waals surface area (Å²) in [5.41, 5.74) is 1.08. The summed E-state index contributed by atoms with van der Waals surface area (Å²) in [6, 6.07) is 15.6. The van der Waals surface area contributed by atoms with Crippen molar-refractivity contribution >= 4 is 27.5 Å². The van der Waals surface area contributed by atoms with E-state index in [1.54, 1.807) is 18.2 Å². The first-order valence-corrected chi connectivity index (χ1v) is 13.6. The van der Waals surface area contributed by atoms with Crippen LogP contribution in [0.2, 0.25) is 0 Å². The number of anilines is 1. The summed E-state index contributed by atoms with van der Waals surface area (Å²) < 4.78 is 56.4. The average molecular weight is 544 g/mol. The van der Waals surface area contributed by atoms with Crippen LogP contribution in [0.4, 0.5) is 14.5 Å². The van der Waals surface area contributed by atoms with Gasteiger partial charge in [0, 0.05) is 18.7 Å². The quantitative estimate of drug-likeness (QED) is 0.388. The Hall–Kier alpha value is -3.79. The van der Waals surface area contributed by atoms with Crippen molar-refractivity contribution in [2.45, 2.75) is 44.7 Å². The fraction of sp³-hybridized carbons (Fsp3) is 0.286. The van der Waals surface area contributed by atoms with Crippen LogP contribution in [0.15, 0.2) is 77.7 Å². The summed E-state index contributed by atoms with van der Waals surface area (Å²) in [5.74, 6) is -2.32. The highest BCUT2D eigenvalue weighted by molar-refractivity contribution is 7.92. The van der Waals surface area contributed by atoms with Gasteiger partial charge in [-0.15, -0.1) is 0 Å². The molecule has 2 amide bonds. The molecular weight excluding hydrogens is 512 g/mol. The van der Waals surface area contributed by atoms with Crippen LogP contribution >= 0.6 is 0 Å². The SMILES string of the molecule is CCCNC(=O)C(C)N(Cc1ccccc1F)C(=O)CN(c1ccc(F)cc1)S(=O)(=O)c1ccc(C)cc1. The predicted molar refractivity (Wildman–Crippen MR) is 142 cm³/mol. The highest BCUT2D eigenvalue weighted by atomic mass is 32.2. The summed E-state index contributed by atoms with van der Waals surface area (Å²) in [6.07, 6.45) is 0.673. The van der Waals surface area contributed by atoms with Gasteiger partial charge in [0.1, 0.15) is 24.2 Å². The molecule has 1 N–H and O–H groups in total. The maximum absolute atomic E-state index is 14.5. The molecule has 3 rings (SSSR count). The van der Waals surface area contributed by atoms with Crippen molar-refractivity contribution in [2.75, 3.05) is 17.4 Å². The zero-order chi connectivity index (χ0) is 27.9. The summed E-state index contributed by atoms with van der Waals surface area (Å²) in [4.78, 5) is 27.6. The number of halogens is 2. The van der Waals surface area contributed by atoms with E-state index < -0.39 is 46.1 Å². The lowest BCUT2D eigenvalue weighted by molar-refractivity contribution is -0.139. The third kappa shape index (κ3) is 6.95. The van der Waals surface area contributed by atoms with Gasteiger partial charge in [0.15, 0.2) is 0 Å². The molecule has 10 heteroatoms. The number of amides is 2. The molecule has 0 spiro atoms. The number of aryl methyl sites for hydroxylation is 1. The lowest BCUT2D eigenvalue weighted by Gasteiger charge is -2.32. The van der Waals surface area contributed by atoms with E-state index in [0.29, 0.717) is 13.0 Å². The minimum absolute atomic E-state index is 0.0605. The van der Waals surface area contributed by atoms with Crippen LogP contribution in [0, 0.1) is 18.6 Å². The molecule has 0 saturated heterocycles. The first-order valence-electron chi connectivity index (χ1n) is 12.2. The molecule has 202 valence electrons. The zero-order valence-corrected chi connectivity index (χ0v) is 22.3. The number of sulfonamides is 1. The van der Waals surface area contributed by atoms with Gasteiger partial charge in [-0.05, 0) is 62.7 Å². The first kappa shape index (κ1) is 28.8. The first-order chi connectivity index (χ1) is 18.0. The van der Waals surface area contributed by atoms with E-state index in [2.05, 4.69) is 5.32 Å². The summed E-state index contributed by atoms with van der Waals surface area (Å²) >= 11 is 0. The molecule has 0 aromatic heterocycles. The van der Waals surface area contributed by atoms with Crippen molar-refractivity contribution in [3.63, 3.8) is 0 Å². The van der Waals surface area contributed by atoms with Gasteiger partial charge in [-0.25, -0.2) is 17.2 Å². The fourth-order valence-electron chi connectivity index (χ4n) is 3.76. The van der Waals surface area contributed by atoms with Crippen LogP contribution in [0.3, 0.4) is 0 Å². The molecule has 3 aromatic rings. The van der Waals surface area contributed by atoms with Crippen LogP contribution in [0.1, 0.15) is 31.4 Å². The molecule has 0 bridgehead atoms. The molecule has 7 nitrogen and oxygen atoms in total. The van der Waals surface area contributed by atoms with Crippen molar-refractivity contribution < 1.29 is 26.8 Å². The Morgan fingerprint density at radius 1 is 0.947 bits per heavy atom. The van der Waals surface area contributed by atoms with Crippen LogP contribution in [0.5, 0.6) is 0 Å².